The van der Waals surface area contributed by atoms with Gasteiger partial charge >= 0.3 is 0 Å². The number of guanidine groups is 1. The summed E-state index contributed by atoms with van der Waals surface area (Å²) in [5.41, 5.74) is 2.53. The van der Waals surface area contributed by atoms with E-state index in [2.05, 4.69) is 27.3 Å². The summed E-state index contributed by atoms with van der Waals surface area (Å²) >= 11 is 0. The number of aliphatic imine (C=N–C) groups is 1. The number of piperidine rings is 1. The Kier molecular flexibility index (Phi) is 8.43. The highest BCUT2D eigenvalue weighted by atomic mass is 127. The van der Waals surface area contributed by atoms with Crippen LogP contribution < -0.4 is 5.32 Å². The van der Waals surface area contributed by atoms with Gasteiger partial charge in [-0.1, -0.05) is 31.4 Å². The Balaban J connectivity index is 0.00000256. The summed E-state index contributed by atoms with van der Waals surface area (Å²) in [5.74, 6) is 1.19. The Morgan fingerprint density at radius 1 is 0.933 bits per heavy atom. The lowest BCUT2D eigenvalue weighted by molar-refractivity contribution is 0.0724. The first-order valence-corrected chi connectivity index (χ1v) is 11.5. The minimum atomic E-state index is 0. The average Bonchev–Trinajstić information content (AvgIpc) is 3.18. The number of halogens is 1. The molecular weight excluding hydrogens is 487 g/mol. The lowest BCUT2D eigenvalue weighted by Crippen LogP contribution is -2.41. The fourth-order valence-electron chi connectivity index (χ4n) is 5.38. The van der Waals surface area contributed by atoms with Gasteiger partial charge in [-0.05, 0) is 61.6 Å². The zero-order valence-corrected chi connectivity index (χ0v) is 20.7. The Bertz CT molecular complexity index is 721. The maximum absolute atomic E-state index is 12.6. The summed E-state index contributed by atoms with van der Waals surface area (Å²) < 4.78 is 0. The summed E-state index contributed by atoms with van der Waals surface area (Å²) in [5, 5.41) is 3.54. The van der Waals surface area contributed by atoms with Crippen molar-refractivity contribution in [1.29, 1.82) is 0 Å². The second-order valence-corrected chi connectivity index (χ2v) is 9.18. The van der Waals surface area contributed by atoms with Crippen molar-refractivity contribution in [1.82, 2.24) is 15.1 Å². The number of nitrogens with one attached hydrogen (secondary N) is 1. The van der Waals surface area contributed by atoms with Crippen LogP contribution in [0.3, 0.4) is 0 Å². The van der Waals surface area contributed by atoms with Crippen LogP contribution in [-0.2, 0) is 6.54 Å². The lowest BCUT2D eigenvalue weighted by atomic mass is 9.73. The van der Waals surface area contributed by atoms with E-state index in [0.717, 1.165) is 57.1 Å². The lowest BCUT2D eigenvalue weighted by Gasteiger charge is -2.33. The minimum absolute atomic E-state index is 0. The van der Waals surface area contributed by atoms with Crippen molar-refractivity contribution in [2.45, 2.75) is 64.3 Å². The Morgan fingerprint density at radius 3 is 2.27 bits per heavy atom. The number of likely N-dealkylation sites (tertiary alicyclic amines) is 2. The predicted octanol–water partition coefficient (Wildman–Crippen LogP) is 4.66. The molecule has 3 fully saturated rings. The molecule has 1 aliphatic carbocycles. The fraction of sp³-hybridized carbons (Fsp3) is 0.667. The van der Waals surface area contributed by atoms with Gasteiger partial charge in [0, 0.05) is 45.3 Å². The molecule has 1 saturated carbocycles. The van der Waals surface area contributed by atoms with Gasteiger partial charge in [-0.15, -0.1) is 24.0 Å². The molecule has 2 saturated heterocycles. The second kappa shape index (κ2) is 10.8. The van der Waals surface area contributed by atoms with E-state index in [1.54, 1.807) is 0 Å². The molecule has 0 aromatic heterocycles. The number of hydrogen-bond donors (Lipinski definition) is 1. The largest absolute Gasteiger partial charge is 0.352 e. The second-order valence-electron chi connectivity index (χ2n) is 9.18. The van der Waals surface area contributed by atoms with Crippen molar-refractivity contribution in [3.05, 3.63) is 35.4 Å². The van der Waals surface area contributed by atoms with E-state index in [0.29, 0.717) is 5.41 Å². The number of rotatable bonds is 3. The SMILES string of the molecule is CN=C(NCc1ccc(C(=O)N2CCCCC2)cc1)N1CCC2(CCCCC2)C1.I. The molecule has 2 aliphatic heterocycles. The molecule has 5 nitrogen and oxygen atoms in total. The van der Waals surface area contributed by atoms with Crippen LogP contribution in [0, 0.1) is 5.41 Å². The van der Waals surface area contributed by atoms with Crippen LogP contribution in [0.5, 0.6) is 0 Å². The smallest absolute Gasteiger partial charge is 0.253 e. The maximum atomic E-state index is 12.6. The molecule has 4 rings (SSSR count). The van der Waals surface area contributed by atoms with Crippen LogP contribution in [0.25, 0.3) is 0 Å². The van der Waals surface area contributed by atoms with Gasteiger partial charge in [0.15, 0.2) is 5.96 Å². The summed E-state index contributed by atoms with van der Waals surface area (Å²) in [6.45, 7) is 4.80. The molecule has 6 heteroatoms. The molecule has 1 aromatic rings. The third kappa shape index (κ3) is 5.48. The molecule has 0 unspecified atom stereocenters. The van der Waals surface area contributed by atoms with E-state index in [1.165, 1.54) is 50.5 Å². The molecule has 1 N–H and O–H groups in total. The van der Waals surface area contributed by atoms with Gasteiger partial charge in [0.05, 0.1) is 0 Å². The van der Waals surface area contributed by atoms with Crippen LogP contribution in [0.15, 0.2) is 29.3 Å². The number of carbonyl (C=O) groups is 1. The highest BCUT2D eigenvalue weighted by molar-refractivity contribution is 14.0. The Hall–Kier alpha value is -1.31. The van der Waals surface area contributed by atoms with Crippen LogP contribution in [0.1, 0.15) is 73.7 Å². The molecule has 1 aromatic carbocycles. The number of carbonyl (C=O) groups excluding carboxylic acids is 1. The zero-order valence-electron chi connectivity index (χ0n) is 18.4. The summed E-state index contributed by atoms with van der Waals surface area (Å²) in [6, 6.07) is 8.10. The molecule has 1 amide bonds. The van der Waals surface area contributed by atoms with Crippen LogP contribution >= 0.6 is 24.0 Å². The van der Waals surface area contributed by atoms with E-state index in [-0.39, 0.29) is 29.9 Å². The fourth-order valence-corrected chi connectivity index (χ4v) is 5.38. The van der Waals surface area contributed by atoms with E-state index < -0.39 is 0 Å². The van der Waals surface area contributed by atoms with Crippen molar-refractivity contribution < 1.29 is 4.79 Å². The monoisotopic (exact) mass is 524 g/mol. The minimum Gasteiger partial charge on any atom is -0.352 e. The van der Waals surface area contributed by atoms with Gasteiger partial charge in [-0.3, -0.25) is 9.79 Å². The van der Waals surface area contributed by atoms with Crippen molar-refractivity contribution in [2.24, 2.45) is 10.4 Å². The summed E-state index contributed by atoms with van der Waals surface area (Å²) in [4.78, 5) is 21.6. The van der Waals surface area contributed by atoms with E-state index in [9.17, 15) is 4.79 Å². The van der Waals surface area contributed by atoms with Crippen molar-refractivity contribution in [3.63, 3.8) is 0 Å². The van der Waals surface area contributed by atoms with Crippen molar-refractivity contribution >= 4 is 35.8 Å². The third-order valence-corrected chi connectivity index (χ3v) is 7.16. The van der Waals surface area contributed by atoms with Gasteiger partial charge in [0.1, 0.15) is 0 Å². The Labute approximate surface area is 198 Å². The number of hydrogen-bond acceptors (Lipinski definition) is 2. The van der Waals surface area contributed by atoms with Crippen molar-refractivity contribution in [3.8, 4) is 0 Å². The maximum Gasteiger partial charge on any atom is 0.253 e. The molecule has 166 valence electrons. The number of benzene rings is 1. The molecule has 0 bridgehead atoms. The van der Waals surface area contributed by atoms with Gasteiger partial charge in [0.25, 0.3) is 5.91 Å². The quantitative estimate of drug-likeness (QED) is 0.356. The average molecular weight is 524 g/mol. The van der Waals surface area contributed by atoms with Crippen LogP contribution in [-0.4, -0.2) is 54.9 Å². The van der Waals surface area contributed by atoms with Crippen LogP contribution in [0.4, 0.5) is 0 Å². The van der Waals surface area contributed by atoms with Gasteiger partial charge < -0.3 is 15.1 Å². The molecular formula is C24H37IN4O. The highest BCUT2D eigenvalue weighted by Crippen LogP contribution is 2.43. The normalized spacial score (nSPS) is 21.4. The predicted molar refractivity (Wildman–Crippen MR) is 134 cm³/mol. The molecule has 0 atom stereocenters. The van der Waals surface area contributed by atoms with E-state index in [1.807, 2.05) is 24.1 Å². The first-order chi connectivity index (χ1) is 14.2. The van der Waals surface area contributed by atoms with E-state index in [4.69, 9.17) is 0 Å². The van der Waals surface area contributed by atoms with Crippen molar-refractivity contribution in [2.75, 3.05) is 33.2 Å². The highest BCUT2D eigenvalue weighted by Gasteiger charge is 2.39. The number of nitrogens with zero attached hydrogens (tertiary/aromatic N) is 3. The summed E-state index contributed by atoms with van der Waals surface area (Å²) in [6.07, 6.45) is 11.8. The molecule has 2 heterocycles. The standard InChI is InChI=1S/C24H36N4O.HI/c1-25-23(28-17-14-24(19-28)12-4-2-5-13-24)26-18-20-8-10-21(11-9-20)22(29)27-15-6-3-7-16-27;/h8-11H,2-7,12-19H2,1H3,(H,25,26);1H. The van der Waals surface area contributed by atoms with Gasteiger partial charge in [-0.2, -0.15) is 0 Å². The Morgan fingerprint density at radius 2 is 1.60 bits per heavy atom. The summed E-state index contributed by atoms with van der Waals surface area (Å²) in [7, 11) is 1.88. The third-order valence-electron chi connectivity index (χ3n) is 7.16. The first-order valence-electron chi connectivity index (χ1n) is 11.5. The first kappa shape index (κ1) is 23.4. The zero-order chi connectivity index (χ0) is 20.1. The van der Waals surface area contributed by atoms with Gasteiger partial charge in [-0.25, -0.2) is 0 Å². The molecule has 3 aliphatic rings. The molecule has 1 spiro atoms. The topological polar surface area (TPSA) is 47.9 Å². The van der Waals surface area contributed by atoms with Crippen LogP contribution in [0.2, 0.25) is 0 Å². The van der Waals surface area contributed by atoms with E-state index >= 15 is 0 Å². The van der Waals surface area contributed by atoms with Gasteiger partial charge in [0.2, 0.25) is 0 Å². The number of amides is 1. The molecule has 0 radical (unpaired) electrons. The molecule has 30 heavy (non-hydrogen) atoms.